The molecule has 2 N–H and O–H groups in total. The number of hydrogen-bond acceptors (Lipinski definition) is 3. The van der Waals surface area contributed by atoms with Crippen molar-refractivity contribution in [3.05, 3.63) is 28.2 Å². The van der Waals surface area contributed by atoms with Gasteiger partial charge in [-0.2, -0.15) is 0 Å². The lowest BCUT2D eigenvalue weighted by molar-refractivity contribution is -0.127. The first-order valence-electron chi connectivity index (χ1n) is 6.08. The van der Waals surface area contributed by atoms with Crippen LogP contribution < -0.4 is 15.4 Å². The Morgan fingerprint density at radius 1 is 1.25 bits per heavy atom. The maximum absolute atomic E-state index is 11.8. The normalized spacial score (nSPS) is 11.4. The van der Waals surface area contributed by atoms with E-state index in [9.17, 15) is 4.79 Å². The van der Waals surface area contributed by atoms with Crippen LogP contribution >= 0.6 is 35.6 Å². The van der Waals surface area contributed by atoms with Crippen molar-refractivity contribution < 1.29 is 9.53 Å². The van der Waals surface area contributed by atoms with Crippen molar-refractivity contribution in [3.63, 3.8) is 0 Å². The minimum absolute atomic E-state index is 0. The molecule has 1 atom stereocenters. The zero-order valence-electron chi connectivity index (χ0n) is 11.4. The summed E-state index contributed by atoms with van der Waals surface area (Å²) in [7, 11) is 1.87. The lowest BCUT2D eigenvalue weighted by Crippen LogP contribution is -2.37. The lowest BCUT2D eigenvalue weighted by Gasteiger charge is -2.15. The molecule has 1 rings (SSSR count). The van der Waals surface area contributed by atoms with E-state index in [4.69, 9.17) is 27.9 Å². The molecule has 0 aliphatic carbocycles. The molecule has 0 saturated carbocycles. The third-order valence-corrected chi connectivity index (χ3v) is 2.86. The number of amides is 1. The van der Waals surface area contributed by atoms with Gasteiger partial charge in [-0.15, -0.1) is 12.4 Å². The molecule has 1 aromatic carbocycles. The summed E-state index contributed by atoms with van der Waals surface area (Å²) in [6.07, 6.45) is 0.280. The summed E-state index contributed by atoms with van der Waals surface area (Å²) < 4.78 is 5.50. The van der Waals surface area contributed by atoms with Crippen LogP contribution in [0.3, 0.4) is 0 Å². The van der Waals surface area contributed by atoms with E-state index >= 15 is 0 Å². The van der Waals surface area contributed by atoms with Crippen LogP contribution in [-0.2, 0) is 4.79 Å². The molecule has 4 nitrogen and oxygen atoms in total. The van der Waals surface area contributed by atoms with Gasteiger partial charge in [0.1, 0.15) is 5.75 Å². The van der Waals surface area contributed by atoms with E-state index in [1.54, 1.807) is 25.1 Å². The highest BCUT2D eigenvalue weighted by Gasteiger charge is 2.14. The smallest absolute Gasteiger partial charge is 0.260 e. The van der Waals surface area contributed by atoms with Crippen LogP contribution in [0.15, 0.2) is 18.2 Å². The van der Waals surface area contributed by atoms with Crippen molar-refractivity contribution in [1.29, 1.82) is 0 Å². The Kier molecular flexibility index (Phi) is 9.76. The predicted octanol–water partition coefficient (Wildman–Crippen LogP) is 2.91. The third kappa shape index (κ3) is 7.20. The van der Waals surface area contributed by atoms with Gasteiger partial charge in [-0.05, 0) is 45.1 Å². The number of benzene rings is 1. The molecule has 1 amide bonds. The fourth-order valence-electron chi connectivity index (χ4n) is 1.47. The largest absolute Gasteiger partial charge is 0.481 e. The highest BCUT2D eigenvalue weighted by molar-refractivity contribution is 6.34. The number of nitrogens with one attached hydrogen (secondary N) is 2. The first kappa shape index (κ1) is 19.3. The van der Waals surface area contributed by atoms with E-state index in [1.165, 1.54) is 0 Å². The molecule has 7 heteroatoms. The van der Waals surface area contributed by atoms with Crippen molar-refractivity contribution in [2.45, 2.75) is 19.4 Å². The fourth-order valence-corrected chi connectivity index (χ4v) is 1.98. The summed E-state index contributed by atoms with van der Waals surface area (Å²) in [5.74, 6) is 0.322. The minimum Gasteiger partial charge on any atom is -0.481 e. The van der Waals surface area contributed by atoms with Crippen molar-refractivity contribution in [1.82, 2.24) is 10.6 Å². The zero-order chi connectivity index (χ0) is 14.3. The van der Waals surface area contributed by atoms with E-state index in [0.29, 0.717) is 22.3 Å². The zero-order valence-corrected chi connectivity index (χ0v) is 13.7. The van der Waals surface area contributed by atoms with Crippen LogP contribution in [0.1, 0.15) is 13.3 Å². The average Bonchev–Trinajstić information content (AvgIpc) is 2.33. The quantitative estimate of drug-likeness (QED) is 0.750. The summed E-state index contributed by atoms with van der Waals surface area (Å²) in [6, 6.07) is 4.86. The molecule has 1 aromatic rings. The van der Waals surface area contributed by atoms with E-state index < -0.39 is 6.10 Å². The van der Waals surface area contributed by atoms with Crippen molar-refractivity contribution in [2.75, 3.05) is 20.1 Å². The van der Waals surface area contributed by atoms with Gasteiger partial charge in [0.15, 0.2) is 6.10 Å². The summed E-state index contributed by atoms with van der Waals surface area (Å²) in [5, 5.41) is 6.76. The number of hydrogen-bond donors (Lipinski definition) is 2. The number of rotatable bonds is 7. The van der Waals surface area contributed by atoms with Crippen LogP contribution in [0.5, 0.6) is 5.75 Å². The van der Waals surface area contributed by atoms with E-state index in [2.05, 4.69) is 10.6 Å². The first-order chi connectivity index (χ1) is 9.02. The summed E-state index contributed by atoms with van der Waals surface area (Å²) in [4.78, 5) is 11.8. The SMILES string of the molecule is CNCCCNC(=O)C(C)Oc1cc(Cl)cc(Cl)c1.Cl. The number of carbonyl (C=O) groups excluding carboxylic acids is 1. The molecular formula is C13H19Cl3N2O2. The topological polar surface area (TPSA) is 50.4 Å². The third-order valence-electron chi connectivity index (χ3n) is 2.42. The maximum Gasteiger partial charge on any atom is 0.260 e. The van der Waals surface area contributed by atoms with Gasteiger partial charge in [-0.25, -0.2) is 0 Å². The minimum atomic E-state index is -0.593. The Balaban J connectivity index is 0.00000361. The second-order valence-corrected chi connectivity index (χ2v) is 4.99. The molecule has 20 heavy (non-hydrogen) atoms. The Morgan fingerprint density at radius 2 is 1.85 bits per heavy atom. The summed E-state index contributed by atoms with van der Waals surface area (Å²) >= 11 is 11.7. The molecule has 0 aliphatic rings. The monoisotopic (exact) mass is 340 g/mol. The van der Waals surface area contributed by atoms with E-state index in [0.717, 1.165) is 13.0 Å². The van der Waals surface area contributed by atoms with Crippen LogP contribution in [0.25, 0.3) is 0 Å². The predicted molar refractivity (Wildman–Crippen MR) is 85.4 cm³/mol. The number of carbonyl (C=O) groups is 1. The Bertz CT molecular complexity index is 410. The van der Waals surface area contributed by atoms with Gasteiger partial charge in [0.2, 0.25) is 0 Å². The number of ether oxygens (including phenoxy) is 1. The van der Waals surface area contributed by atoms with Gasteiger partial charge in [0.25, 0.3) is 5.91 Å². The van der Waals surface area contributed by atoms with Crippen molar-refractivity contribution in [2.24, 2.45) is 0 Å². The average molecular weight is 342 g/mol. The molecule has 0 bridgehead atoms. The van der Waals surface area contributed by atoms with Crippen LogP contribution in [0, 0.1) is 0 Å². The van der Waals surface area contributed by atoms with Gasteiger partial charge in [-0.3, -0.25) is 4.79 Å². The lowest BCUT2D eigenvalue weighted by atomic mass is 10.3. The van der Waals surface area contributed by atoms with E-state index in [-0.39, 0.29) is 18.3 Å². The first-order valence-corrected chi connectivity index (χ1v) is 6.83. The van der Waals surface area contributed by atoms with Gasteiger partial charge in [-0.1, -0.05) is 23.2 Å². The number of halogens is 3. The highest BCUT2D eigenvalue weighted by Crippen LogP contribution is 2.24. The van der Waals surface area contributed by atoms with Crippen LogP contribution in [0.4, 0.5) is 0 Å². The summed E-state index contributed by atoms with van der Waals surface area (Å²) in [5.41, 5.74) is 0. The molecule has 114 valence electrons. The molecule has 1 unspecified atom stereocenters. The molecule has 0 fully saturated rings. The molecule has 0 saturated heterocycles. The second-order valence-electron chi connectivity index (χ2n) is 4.11. The molecule has 0 aromatic heterocycles. The van der Waals surface area contributed by atoms with Crippen LogP contribution in [-0.4, -0.2) is 32.1 Å². The second kappa shape index (κ2) is 10.1. The van der Waals surface area contributed by atoms with Crippen molar-refractivity contribution >= 4 is 41.5 Å². The molecule has 0 heterocycles. The summed E-state index contributed by atoms with van der Waals surface area (Å²) in [6.45, 7) is 3.16. The van der Waals surface area contributed by atoms with E-state index in [1.807, 2.05) is 7.05 Å². The molecular weight excluding hydrogens is 323 g/mol. The van der Waals surface area contributed by atoms with Gasteiger partial charge >= 0.3 is 0 Å². The Hall–Kier alpha value is -0.680. The standard InChI is InChI=1S/C13H18Cl2N2O2.ClH/c1-9(13(18)17-5-3-4-16-2)19-12-7-10(14)6-11(15)8-12;/h6-9,16H,3-5H2,1-2H3,(H,17,18);1H. The maximum atomic E-state index is 11.8. The molecule has 0 aliphatic heterocycles. The van der Waals surface area contributed by atoms with Gasteiger partial charge in [0.05, 0.1) is 0 Å². The van der Waals surface area contributed by atoms with Gasteiger partial charge in [0, 0.05) is 16.6 Å². The van der Waals surface area contributed by atoms with Crippen LogP contribution in [0.2, 0.25) is 10.0 Å². The molecule has 0 radical (unpaired) electrons. The Labute approximate surface area is 135 Å². The molecule has 0 spiro atoms. The van der Waals surface area contributed by atoms with Crippen molar-refractivity contribution in [3.8, 4) is 5.75 Å². The fraction of sp³-hybridized carbons (Fsp3) is 0.462. The Morgan fingerprint density at radius 3 is 2.40 bits per heavy atom. The highest BCUT2D eigenvalue weighted by atomic mass is 35.5. The van der Waals surface area contributed by atoms with Gasteiger partial charge < -0.3 is 15.4 Å².